The first-order valence-corrected chi connectivity index (χ1v) is 10.9. The van der Waals surface area contributed by atoms with Crippen LogP contribution in [0.3, 0.4) is 0 Å². The summed E-state index contributed by atoms with van der Waals surface area (Å²) in [5.74, 6) is 1.03. The second kappa shape index (κ2) is 9.52. The number of hydrogen-bond acceptors (Lipinski definition) is 4. The number of amides is 1. The Morgan fingerprint density at radius 1 is 1.17 bits per heavy atom. The molecule has 1 aliphatic heterocycles. The minimum atomic E-state index is -0.0563. The molecule has 3 N–H and O–H groups in total. The highest BCUT2D eigenvalue weighted by molar-refractivity contribution is 5.76. The highest BCUT2D eigenvalue weighted by Gasteiger charge is 2.38. The molecule has 162 valence electrons. The van der Waals surface area contributed by atoms with Gasteiger partial charge in [-0.1, -0.05) is 31.2 Å². The number of hydrogen-bond donors (Lipinski definition) is 3. The summed E-state index contributed by atoms with van der Waals surface area (Å²) >= 11 is 0. The zero-order chi connectivity index (χ0) is 21.7. The lowest BCUT2D eigenvalue weighted by atomic mass is 9.78. The summed E-state index contributed by atoms with van der Waals surface area (Å²) in [6, 6.07) is 14.6. The number of phenolic OH excluding ortho intramolecular Hbond substituents is 2. The van der Waals surface area contributed by atoms with Gasteiger partial charge in [0.05, 0.1) is 6.17 Å². The molecule has 1 heterocycles. The molecule has 1 aliphatic rings. The van der Waals surface area contributed by atoms with E-state index >= 15 is 0 Å². The van der Waals surface area contributed by atoms with E-state index in [0.29, 0.717) is 24.5 Å². The molecule has 0 aromatic heterocycles. The lowest BCUT2D eigenvalue weighted by Gasteiger charge is -2.49. The molecule has 2 aromatic rings. The molecule has 0 spiro atoms. The Morgan fingerprint density at radius 3 is 2.53 bits per heavy atom. The van der Waals surface area contributed by atoms with Gasteiger partial charge in [0, 0.05) is 18.5 Å². The number of nitrogens with zero attached hydrogens (tertiary/aromatic N) is 1. The predicted octanol–water partition coefficient (Wildman–Crippen LogP) is 4.54. The molecule has 1 fully saturated rings. The number of piperidine rings is 1. The minimum absolute atomic E-state index is 0.0115. The molecule has 1 amide bonds. The highest BCUT2D eigenvalue weighted by atomic mass is 16.3. The van der Waals surface area contributed by atoms with Crippen LogP contribution in [0.15, 0.2) is 48.5 Å². The van der Waals surface area contributed by atoms with Crippen LogP contribution in [0.4, 0.5) is 0 Å². The highest BCUT2D eigenvalue weighted by Crippen LogP contribution is 2.39. The number of phenols is 2. The fourth-order valence-corrected chi connectivity index (χ4v) is 4.64. The van der Waals surface area contributed by atoms with E-state index in [1.165, 1.54) is 5.56 Å². The second-order valence-electron chi connectivity index (χ2n) is 8.95. The zero-order valence-corrected chi connectivity index (χ0v) is 18.3. The van der Waals surface area contributed by atoms with E-state index in [0.717, 1.165) is 31.4 Å². The van der Waals surface area contributed by atoms with E-state index in [9.17, 15) is 15.0 Å². The van der Waals surface area contributed by atoms with Crippen molar-refractivity contribution in [1.82, 2.24) is 10.2 Å². The van der Waals surface area contributed by atoms with Gasteiger partial charge in [-0.2, -0.15) is 0 Å². The van der Waals surface area contributed by atoms with Gasteiger partial charge in [-0.15, -0.1) is 0 Å². The maximum absolute atomic E-state index is 12.6. The molecule has 0 saturated carbocycles. The molecule has 1 unspecified atom stereocenters. The van der Waals surface area contributed by atoms with Crippen molar-refractivity contribution < 1.29 is 15.0 Å². The van der Waals surface area contributed by atoms with Crippen LogP contribution >= 0.6 is 0 Å². The molecular weight excluding hydrogens is 376 g/mol. The summed E-state index contributed by atoms with van der Waals surface area (Å²) in [6.07, 6.45) is 3.94. The standard InChI is InChI=1S/C25H34N2O3/c1-4-23(26-24(30)13-10-18-8-11-21(28)12-9-18)27-15-14-20(17-25(27,2)3)19-6-5-7-22(29)16-19/h5-9,11-12,16,20,23,28-29H,4,10,13-15,17H2,1-3H3,(H,26,30)/t20-,23?/m1/s1. The van der Waals surface area contributed by atoms with Crippen molar-refractivity contribution >= 4 is 5.91 Å². The third-order valence-electron chi connectivity index (χ3n) is 6.25. The molecule has 0 radical (unpaired) electrons. The van der Waals surface area contributed by atoms with Crippen LogP contribution in [-0.2, 0) is 11.2 Å². The number of rotatable bonds is 7. The number of nitrogens with one attached hydrogen (secondary N) is 1. The first kappa shape index (κ1) is 22.2. The van der Waals surface area contributed by atoms with E-state index in [1.807, 2.05) is 24.3 Å². The van der Waals surface area contributed by atoms with Gasteiger partial charge in [0.2, 0.25) is 5.91 Å². The van der Waals surface area contributed by atoms with Crippen molar-refractivity contribution in [3.8, 4) is 11.5 Å². The fourth-order valence-electron chi connectivity index (χ4n) is 4.64. The number of benzene rings is 2. The van der Waals surface area contributed by atoms with Gasteiger partial charge in [-0.05, 0) is 80.8 Å². The summed E-state index contributed by atoms with van der Waals surface area (Å²) in [4.78, 5) is 15.0. The molecule has 0 bridgehead atoms. The van der Waals surface area contributed by atoms with Gasteiger partial charge < -0.3 is 15.5 Å². The zero-order valence-electron chi connectivity index (χ0n) is 18.3. The van der Waals surface area contributed by atoms with Crippen LogP contribution < -0.4 is 5.32 Å². The smallest absolute Gasteiger partial charge is 0.221 e. The Hall–Kier alpha value is -2.53. The fraction of sp³-hybridized carbons (Fsp3) is 0.480. The molecule has 1 saturated heterocycles. The van der Waals surface area contributed by atoms with Crippen LogP contribution in [0.5, 0.6) is 11.5 Å². The maximum Gasteiger partial charge on any atom is 0.221 e. The van der Waals surface area contributed by atoms with Crippen LogP contribution in [0.2, 0.25) is 0 Å². The van der Waals surface area contributed by atoms with Crippen LogP contribution in [0.1, 0.15) is 63.5 Å². The average Bonchev–Trinajstić information content (AvgIpc) is 2.71. The molecular formula is C25H34N2O3. The van der Waals surface area contributed by atoms with Crippen LogP contribution in [0.25, 0.3) is 0 Å². The minimum Gasteiger partial charge on any atom is -0.508 e. The van der Waals surface area contributed by atoms with Crippen LogP contribution in [-0.4, -0.2) is 39.3 Å². The number of carbonyl (C=O) groups is 1. The lowest BCUT2D eigenvalue weighted by molar-refractivity contribution is -0.124. The number of aryl methyl sites for hydroxylation is 1. The van der Waals surface area contributed by atoms with Gasteiger partial charge in [-0.25, -0.2) is 0 Å². The molecule has 30 heavy (non-hydrogen) atoms. The summed E-state index contributed by atoms with van der Waals surface area (Å²) in [5.41, 5.74) is 2.18. The van der Waals surface area contributed by atoms with Crippen molar-refractivity contribution in [3.63, 3.8) is 0 Å². The van der Waals surface area contributed by atoms with E-state index in [-0.39, 0.29) is 23.4 Å². The Kier molecular flexibility index (Phi) is 7.03. The Balaban J connectivity index is 1.59. The third-order valence-corrected chi connectivity index (χ3v) is 6.25. The number of aromatic hydroxyl groups is 2. The largest absolute Gasteiger partial charge is 0.508 e. The lowest BCUT2D eigenvalue weighted by Crippen LogP contribution is -2.59. The van der Waals surface area contributed by atoms with Crippen molar-refractivity contribution in [1.29, 1.82) is 0 Å². The van der Waals surface area contributed by atoms with Gasteiger partial charge in [0.25, 0.3) is 0 Å². The number of likely N-dealkylation sites (tertiary alicyclic amines) is 1. The first-order chi connectivity index (χ1) is 14.3. The average molecular weight is 411 g/mol. The van der Waals surface area contributed by atoms with E-state index < -0.39 is 0 Å². The molecule has 2 atom stereocenters. The Morgan fingerprint density at radius 2 is 1.90 bits per heavy atom. The first-order valence-electron chi connectivity index (χ1n) is 10.9. The van der Waals surface area contributed by atoms with Gasteiger partial charge in [0.15, 0.2) is 0 Å². The molecule has 5 heteroatoms. The van der Waals surface area contributed by atoms with Gasteiger partial charge in [0.1, 0.15) is 11.5 Å². The predicted molar refractivity (Wildman–Crippen MR) is 120 cm³/mol. The topological polar surface area (TPSA) is 72.8 Å². The summed E-state index contributed by atoms with van der Waals surface area (Å²) < 4.78 is 0. The summed E-state index contributed by atoms with van der Waals surface area (Å²) in [5, 5.41) is 22.4. The van der Waals surface area contributed by atoms with Crippen molar-refractivity contribution in [2.75, 3.05) is 6.54 Å². The monoisotopic (exact) mass is 410 g/mol. The molecule has 3 rings (SSSR count). The van der Waals surface area contributed by atoms with Gasteiger partial charge >= 0.3 is 0 Å². The molecule has 2 aromatic carbocycles. The van der Waals surface area contributed by atoms with Crippen LogP contribution in [0, 0.1) is 0 Å². The van der Waals surface area contributed by atoms with E-state index in [1.54, 1.807) is 18.2 Å². The maximum atomic E-state index is 12.6. The second-order valence-corrected chi connectivity index (χ2v) is 8.95. The summed E-state index contributed by atoms with van der Waals surface area (Å²) in [6.45, 7) is 7.51. The summed E-state index contributed by atoms with van der Waals surface area (Å²) in [7, 11) is 0. The molecule has 0 aliphatic carbocycles. The quantitative estimate of drug-likeness (QED) is 0.627. The van der Waals surface area contributed by atoms with Gasteiger partial charge in [-0.3, -0.25) is 9.69 Å². The van der Waals surface area contributed by atoms with Crippen molar-refractivity contribution in [3.05, 3.63) is 59.7 Å². The molecule has 5 nitrogen and oxygen atoms in total. The van der Waals surface area contributed by atoms with Crippen molar-refractivity contribution in [2.45, 2.75) is 70.5 Å². The third kappa shape index (κ3) is 5.54. The van der Waals surface area contributed by atoms with E-state index in [4.69, 9.17) is 0 Å². The van der Waals surface area contributed by atoms with Crippen molar-refractivity contribution in [2.24, 2.45) is 0 Å². The Labute approximate surface area is 179 Å². The number of carbonyl (C=O) groups excluding carboxylic acids is 1. The normalized spacial score (nSPS) is 19.9. The Bertz CT molecular complexity index is 848. The SMILES string of the molecule is CCC(NC(=O)CCc1ccc(O)cc1)N1CC[C@@H](c2cccc(O)c2)CC1(C)C. The van der Waals surface area contributed by atoms with E-state index in [2.05, 4.69) is 37.1 Å².